The predicted molar refractivity (Wildman–Crippen MR) is 137 cm³/mol. The van der Waals surface area contributed by atoms with Crippen molar-refractivity contribution in [3.63, 3.8) is 0 Å². The number of carbonyl (C=O) groups is 5. The van der Waals surface area contributed by atoms with E-state index < -0.39 is 59.2 Å². The zero-order valence-corrected chi connectivity index (χ0v) is 21.6. The molecule has 1 aromatic carbocycles. The van der Waals surface area contributed by atoms with Gasteiger partial charge in [0.15, 0.2) is 0 Å². The summed E-state index contributed by atoms with van der Waals surface area (Å²) in [5.74, 6) is -4.25. The van der Waals surface area contributed by atoms with E-state index in [1.54, 1.807) is 6.92 Å². The number of nitro benzene ring substituents is 1. The third-order valence-corrected chi connectivity index (χ3v) is 5.91. The first-order valence-corrected chi connectivity index (χ1v) is 12.6. The molecule has 0 saturated heterocycles. The number of non-ortho nitro benzene ring substituents is 1. The van der Waals surface area contributed by atoms with Crippen LogP contribution < -0.4 is 31.7 Å². The van der Waals surface area contributed by atoms with E-state index in [1.165, 1.54) is 6.07 Å². The van der Waals surface area contributed by atoms with Gasteiger partial charge in [-0.05, 0) is 38.3 Å². The second kappa shape index (κ2) is 15.2. The van der Waals surface area contributed by atoms with E-state index >= 15 is 0 Å². The molecule has 0 aromatic heterocycles. The lowest BCUT2D eigenvalue weighted by molar-refractivity contribution is -0.384. The molecular weight excluding hydrogens is 516 g/mol. The highest BCUT2D eigenvalue weighted by Crippen LogP contribution is 2.25. The lowest BCUT2D eigenvalue weighted by atomic mass is 10.0. The number of rotatable bonds is 10. The molecule has 2 rings (SSSR count). The van der Waals surface area contributed by atoms with Gasteiger partial charge in [-0.2, -0.15) is 0 Å². The SMILES string of the molecule is CCCC1NC(=O)c2cc([N+](=O)[O-])ccc2OCC[C@@H](C(=O)NCC(=O)O)NC(=O)C(CCCCN)NC1=O. The number of carboxylic acids is 1. The van der Waals surface area contributed by atoms with E-state index in [0.29, 0.717) is 25.8 Å². The van der Waals surface area contributed by atoms with Crippen molar-refractivity contribution in [2.45, 2.75) is 63.6 Å². The standard InChI is InChI=1S/C24H34N6O9/c1-2-5-16-23(35)28-17(6-3-4-10-25)24(36)29-18(22(34)26-13-20(31)32)9-11-39-19-8-7-14(30(37)38)12-15(19)21(33)27-16/h7-8,12,16-18H,2-6,9-11,13,25H2,1H3,(H,26,34)(H,27,33)(H,28,35)(H,29,36)(H,31,32)/t16?,17?,18-/m0/s1. The fourth-order valence-corrected chi connectivity index (χ4v) is 3.88. The van der Waals surface area contributed by atoms with Gasteiger partial charge in [0.25, 0.3) is 11.6 Å². The summed E-state index contributed by atoms with van der Waals surface area (Å²) >= 11 is 0. The lowest BCUT2D eigenvalue weighted by Crippen LogP contribution is -2.57. The zero-order chi connectivity index (χ0) is 28.9. The first-order chi connectivity index (χ1) is 18.6. The monoisotopic (exact) mass is 550 g/mol. The summed E-state index contributed by atoms with van der Waals surface area (Å²) in [4.78, 5) is 73.7. The van der Waals surface area contributed by atoms with E-state index in [2.05, 4.69) is 21.3 Å². The minimum atomic E-state index is -1.29. The number of nitrogens with one attached hydrogen (secondary N) is 4. The molecule has 0 bridgehead atoms. The third kappa shape index (κ3) is 9.52. The molecule has 1 aliphatic rings. The molecule has 1 aromatic rings. The third-order valence-electron chi connectivity index (χ3n) is 5.91. The van der Waals surface area contributed by atoms with Crippen molar-refractivity contribution in [2.75, 3.05) is 19.7 Å². The molecule has 3 atom stereocenters. The zero-order valence-electron chi connectivity index (χ0n) is 21.6. The van der Waals surface area contributed by atoms with Gasteiger partial charge in [-0.25, -0.2) is 0 Å². The number of nitro groups is 1. The maximum atomic E-state index is 13.2. The fraction of sp³-hybridized carbons (Fsp3) is 0.542. The van der Waals surface area contributed by atoms with Gasteiger partial charge in [-0.3, -0.25) is 34.1 Å². The van der Waals surface area contributed by atoms with E-state index in [1.807, 2.05) is 0 Å². The second-order valence-corrected chi connectivity index (χ2v) is 8.91. The van der Waals surface area contributed by atoms with E-state index in [9.17, 15) is 34.1 Å². The molecule has 39 heavy (non-hydrogen) atoms. The summed E-state index contributed by atoms with van der Waals surface area (Å²) in [5, 5.41) is 30.2. The summed E-state index contributed by atoms with van der Waals surface area (Å²) in [7, 11) is 0. The van der Waals surface area contributed by atoms with Crippen LogP contribution in [-0.2, 0) is 19.2 Å². The molecule has 214 valence electrons. The molecule has 1 heterocycles. The number of aliphatic carboxylic acids is 1. The normalized spacial score (nSPS) is 20.3. The Morgan fingerprint density at radius 1 is 1.13 bits per heavy atom. The van der Waals surface area contributed by atoms with Gasteiger partial charge in [-0.15, -0.1) is 0 Å². The van der Waals surface area contributed by atoms with Crippen LogP contribution in [0.4, 0.5) is 5.69 Å². The van der Waals surface area contributed by atoms with Crippen molar-refractivity contribution in [3.8, 4) is 5.75 Å². The van der Waals surface area contributed by atoms with Gasteiger partial charge in [-0.1, -0.05) is 13.3 Å². The molecule has 15 nitrogen and oxygen atoms in total. The summed E-state index contributed by atoms with van der Waals surface area (Å²) in [6, 6.07) is -0.0126. The molecule has 0 saturated carbocycles. The summed E-state index contributed by atoms with van der Waals surface area (Å²) in [6.07, 6.45) is 1.80. The Kier molecular flexibility index (Phi) is 12.1. The van der Waals surface area contributed by atoms with Crippen LogP contribution in [0.25, 0.3) is 0 Å². The average molecular weight is 551 g/mol. The van der Waals surface area contributed by atoms with Crippen LogP contribution >= 0.6 is 0 Å². The Labute approximate surface area is 224 Å². The van der Waals surface area contributed by atoms with Crippen molar-refractivity contribution < 1.29 is 38.7 Å². The minimum Gasteiger partial charge on any atom is -0.493 e. The van der Waals surface area contributed by atoms with E-state index in [4.69, 9.17) is 15.6 Å². The van der Waals surface area contributed by atoms with Gasteiger partial charge in [0.2, 0.25) is 17.7 Å². The number of amides is 4. The van der Waals surface area contributed by atoms with Crippen LogP contribution in [0.15, 0.2) is 18.2 Å². The van der Waals surface area contributed by atoms with Gasteiger partial charge in [0.05, 0.1) is 17.1 Å². The van der Waals surface area contributed by atoms with Crippen LogP contribution in [0.3, 0.4) is 0 Å². The Hall–Kier alpha value is -4.27. The number of nitrogens with zero attached hydrogens (tertiary/aromatic N) is 1. The van der Waals surface area contributed by atoms with Crippen molar-refractivity contribution >= 4 is 35.3 Å². The smallest absolute Gasteiger partial charge is 0.322 e. The van der Waals surface area contributed by atoms with Crippen LogP contribution in [0.5, 0.6) is 5.75 Å². The number of ether oxygens (including phenoxy) is 1. The highest BCUT2D eigenvalue weighted by molar-refractivity contribution is 6.01. The number of hydrogen-bond acceptors (Lipinski definition) is 9. The Bertz CT molecular complexity index is 1080. The Morgan fingerprint density at radius 3 is 2.46 bits per heavy atom. The molecule has 4 amide bonds. The average Bonchev–Trinajstić information content (AvgIpc) is 2.89. The van der Waals surface area contributed by atoms with Crippen molar-refractivity contribution in [1.82, 2.24) is 21.3 Å². The molecular formula is C24H34N6O9. The second-order valence-electron chi connectivity index (χ2n) is 8.91. The van der Waals surface area contributed by atoms with Crippen molar-refractivity contribution in [2.24, 2.45) is 5.73 Å². The molecule has 0 aliphatic carbocycles. The Morgan fingerprint density at radius 2 is 1.82 bits per heavy atom. The molecule has 1 aliphatic heterocycles. The number of unbranched alkanes of at least 4 members (excludes halogenated alkanes) is 1. The largest absolute Gasteiger partial charge is 0.493 e. The first kappa shape index (κ1) is 31.0. The summed E-state index contributed by atoms with van der Waals surface area (Å²) in [5.41, 5.74) is 4.99. The lowest BCUT2D eigenvalue weighted by Gasteiger charge is -2.26. The van der Waals surface area contributed by atoms with Crippen LogP contribution in [0.1, 0.15) is 55.8 Å². The fourth-order valence-electron chi connectivity index (χ4n) is 3.88. The van der Waals surface area contributed by atoms with Gasteiger partial charge >= 0.3 is 5.97 Å². The van der Waals surface area contributed by atoms with Gasteiger partial charge < -0.3 is 36.8 Å². The van der Waals surface area contributed by atoms with E-state index in [0.717, 1.165) is 12.1 Å². The molecule has 15 heteroatoms. The molecule has 0 fully saturated rings. The highest BCUT2D eigenvalue weighted by atomic mass is 16.6. The number of benzene rings is 1. The summed E-state index contributed by atoms with van der Waals surface area (Å²) in [6.45, 7) is 1.25. The van der Waals surface area contributed by atoms with E-state index in [-0.39, 0.29) is 42.9 Å². The number of fused-ring (bicyclic) bond motifs is 1. The van der Waals surface area contributed by atoms with Crippen LogP contribution in [0.2, 0.25) is 0 Å². The van der Waals surface area contributed by atoms with Crippen molar-refractivity contribution in [1.29, 1.82) is 0 Å². The number of carbonyl (C=O) groups excluding carboxylic acids is 4. The maximum absolute atomic E-state index is 13.2. The quantitative estimate of drug-likeness (QED) is 0.125. The van der Waals surface area contributed by atoms with Gasteiger partial charge in [0.1, 0.15) is 30.4 Å². The Balaban J connectivity index is 2.47. The minimum absolute atomic E-state index is 0.0403. The molecule has 0 spiro atoms. The summed E-state index contributed by atoms with van der Waals surface area (Å²) < 4.78 is 5.66. The highest BCUT2D eigenvalue weighted by Gasteiger charge is 2.31. The van der Waals surface area contributed by atoms with Gasteiger partial charge in [0, 0.05) is 18.6 Å². The predicted octanol–water partition coefficient (Wildman–Crippen LogP) is -0.425. The van der Waals surface area contributed by atoms with Crippen molar-refractivity contribution in [3.05, 3.63) is 33.9 Å². The molecule has 0 radical (unpaired) electrons. The topological polar surface area (TPSA) is 232 Å². The number of hydrogen-bond donors (Lipinski definition) is 6. The first-order valence-electron chi connectivity index (χ1n) is 12.6. The molecule has 7 N–H and O–H groups in total. The van der Waals surface area contributed by atoms with Crippen LogP contribution in [0, 0.1) is 10.1 Å². The number of carboxylic acid groups (broad SMARTS) is 1. The number of nitrogens with two attached hydrogens (primary N) is 1. The maximum Gasteiger partial charge on any atom is 0.322 e. The van der Waals surface area contributed by atoms with Crippen LogP contribution in [-0.4, -0.2) is 77.4 Å². The molecule has 2 unspecified atom stereocenters.